The Hall–Kier alpha value is -2.62. The molecule has 0 spiro atoms. The number of hydrogen-bond donors (Lipinski definition) is 0. The molecule has 0 atom stereocenters. The van der Waals surface area contributed by atoms with Crippen LogP contribution in [0.3, 0.4) is 0 Å². The fraction of sp³-hybridized carbons (Fsp3) is 0.263. The van der Waals surface area contributed by atoms with Gasteiger partial charge in [-0.05, 0) is 44.0 Å². The summed E-state index contributed by atoms with van der Waals surface area (Å²) in [4.78, 5) is 18.8. The Kier molecular flexibility index (Phi) is 4.42. The Balaban J connectivity index is 1.83. The molecule has 0 saturated carbocycles. The van der Waals surface area contributed by atoms with E-state index in [4.69, 9.17) is 4.42 Å². The van der Waals surface area contributed by atoms with Crippen LogP contribution in [-0.4, -0.2) is 28.9 Å². The lowest BCUT2D eigenvalue weighted by atomic mass is 10.1. The highest BCUT2D eigenvalue weighted by atomic mass is 16.3. The lowest BCUT2D eigenvalue weighted by molar-refractivity contribution is 0.0766. The van der Waals surface area contributed by atoms with Gasteiger partial charge in [-0.1, -0.05) is 18.2 Å². The van der Waals surface area contributed by atoms with Crippen LogP contribution in [-0.2, 0) is 6.42 Å². The molecule has 0 aliphatic carbocycles. The van der Waals surface area contributed by atoms with Gasteiger partial charge in [-0.2, -0.15) is 0 Å². The average molecular weight is 308 g/mol. The third-order valence-corrected chi connectivity index (χ3v) is 4.07. The zero-order valence-electron chi connectivity index (χ0n) is 13.5. The zero-order chi connectivity index (χ0) is 16.2. The SMILES string of the molecule is CCN(CCc1ccncc1)C(=O)c1c(C)oc2ccccc12. The first kappa shape index (κ1) is 15.3. The fourth-order valence-corrected chi connectivity index (χ4v) is 2.81. The molecular weight excluding hydrogens is 288 g/mol. The van der Waals surface area contributed by atoms with Crippen LogP contribution >= 0.6 is 0 Å². The van der Waals surface area contributed by atoms with Gasteiger partial charge in [-0.25, -0.2) is 0 Å². The number of nitrogens with zero attached hydrogens (tertiary/aromatic N) is 2. The van der Waals surface area contributed by atoms with E-state index in [0.717, 1.165) is 17.4 Å². The van der Waals surface area contributed by atoms with Crippen molar-refractivity contribution in [3.8, 4) is 0 Å². The second-order valence-corrected chi connectivity index (χ2v) is 5.52. The Morgan fingerprint density at radius 2 is 1.91 bits per heavy atom. The summed E-state index contributed by atoms with van der Waals surface area (Å²) in [7, 11) is 0. The monoisotopic (exact) mass is 308 g/mol. The highest BCUT2D eigenvalue weighted by Crippen LogP contribution is 2.26. The summed E-state index contributed by atoms with van der Waals surface area (Å²) in [6.07, 6.45) is 4.37. The molecule has 0 radical (unpaired) electrons. The van der Waals surface area contributed by atoms with Crippen molar-refractivity contribution in [3.05, 3.63) is 65.7 Å². The number of rotatable bonds is 5. The minimum Gasteiger partial charge on any atom is -0.461 e. The van der Waals surface area contributed by atoms with Crippen LogP contribution in [0.2, 0.25) is 0 Å². The van der Waals surface area contributed by atoms with Crippen molar-refractivity contribution in [2.24, 2.45) is 0 Å². The van der Waals surface area contributed by atoms with Gasteiger partial charge in [0.25, 0.3) is 5.91 Å². The minimum absolute atomic E-state index is 0.0315. The first-order valence-corrected chi connectivity index (χ1v) is 7.87. The molecule has 1 aromatic carbocycles. The molecule has 0 saturated heterocycles. The largest absolute Gasteiger partial charge is 0.461 e. The summed E-state index contributed by atoms with van der Waals surface area (Å²) in [6, 6.07) is 11.7. The van der Waals surface area contributed by atoms with Gasteiger partial charge in [0.1, 0.15) is 11.3 Å². The predicted molar refractivity (Wildman–Crippen MR) is 90.5 cm³/mol. The van der Waals surface area contributed by atoms with E-state index < -0.39 is 0 Å². The number of carbonyl (C=O) groups is 1. The first-order chi connectivity index (χ1) is 11.2. The van der Waals surface area contributed by atoms with Gasteiger partial charge in [0.2, 0.25) is 0 Å². The number of hydrogen-bond acceptors (Lipinski definition) is 3. The number of likely N-dealkylation sites (N-methyl/N-ethyl adjacent to an activating group) is 1. The minimum atomic E-state index is 0.0315. The van der Waals surface area contributed by atoms with E-state index in [1.807, 2.05) is 55.1 Å². The van der Waals surface area contributed by atoms with E-state index >= 15 is 0 Å². The van der Waals surface area contributed by atoms with Crippen LogP contribution in [0.5, 0.6) is 0 Å². The van der Waals surface area contributed by atoms with Crippen molar-refractivity contribution < 1.29 is 9.21 Å². The summed E-state index contributed by atoms with van der Waals surface area (Å²) in [5, 5.41) is 0.886. The molecule has 4 heteroatoms. The van der Waals surface area contributed by atoms with Crippen molar-refractivity contribution in [3.63, 3.8) is 0 Å². The van der Waals surface area contributed by atoms with Gasteiger partial charge in [0, 0.05) is 30.9 Å². The molecule has 2 heterocycles. The van der Waals surface area contributed by atoms with E-state index in [2.05, 4.69) is 4.98 Å². The van der Waals surface area contributed by atoms with Gasteiger partial charge in [-0.15, -0.1) is 0 Å². The fourth-order valence-electron chi connectivity index (χ4n) is 2.81. The highest BCUT2D eigenvalue weighted by molar-refractivity contribution is 6.07. The average Bonchev–Trinajstić information content (AvgIpc) is 2.92. The van der Waals surface area contributed by atoms with Gasteiger partial charge < -0.3 is 9.32 Å². The van der Waals surface area contributed by atoms with Gasteiger partial charge >= 0.3 is 0 Å². The molecule has 0 aliphatic heterocycles. The number of furan rings is 1. The molecule has 1 amide bonds. The molecule has 0 fully saturated rings. The number of carbonyl (C=O) groups excluding carboxylic acids is 1. The topological polar surface area (TPSA) is 46.3 Å². The summed E-state index contributed by atoms with van der Waals surface area (Å²) in [5.41, 5.74) is 2.62. The molecule has 4 nitrogen and oxygen atoms in total. The molecule has 0 aliphatic rings. The van der Waals surface area contributed by atoms with Crippen LogP contribution in [0.25, 0.3) is 11.0 Å². The smallest absolute Gasteiger partial charge is 0.258 e. The molecule has 3 aromatic rings. The number of pyridine rings is 1. The van der Waals surface area contributed by atoms with Crippen molar-refractivity contribution in [2.45, 2.75) is 20.3 Å². The van der Waals surface area contributed by atoms with Crippen LogP contribution in [0, 0.1) is 6.92 Å². The number of fused-ring (bicyclic) bond motifs is 1. The zero-order valence-corrected chi connectivity index (χ0v) is 13.5. The van der Waals surface area contributed by atoms with Crippen molar-refractivity contribution in [1.29, 1.82) is 0 Å². The summed E-state index contributed by atoms with van der Waals surface area (Å²) in [6.45, 7) is 5.20. The maximum absolute atomic E-state index is 12.9. The second-order valence-electron chi connectivity index (χ2n) is 5.52. The Morgan fingerprint density at radius 1 is 1.17 bits per heavy atom. The Labute approximate surface area is 135 Å². The molecule has 118 valence electrons. The van der Waals surface area contributed by atoms with E-state index in [1.165, 1.54) is 5.56 Å². The third-order valence-electron chi connectivity index (χ3n) is 4.07. The number of amides is 1. The normalized spacial score (nSPS) is 10.9. The van der Waals surface area contributed by atoms with Gasteiger partial charge in [-0.3, -0.25) is 9.78 Å². The molecular formula is C19H20N2O2. The van der Waals surface area contributed by atoms with Crippen molar-refractivity contribution in [2.75, 3.05) is 13.1 Å². The summed E-state index contributed by atoms with van der Waals surface area (Å²) < 4.78 is 5.72. The van der Waals surface area contributed by atoms with Crippen LogP contribution in [0.1, 0.15) is 28.6 Å². The molecule has 2 aromatic heterocycles. The number of aryl methyl sites for hydroxylation is 1. The lowest BCUT2D eigenvalue weighted by Gasteiger charge is -2.20. The van der Waals surface area contributed by atoms with Crippen molar-refractivity contribution >= 4 is 16.9 Å². The number of para-hydroxylation sites is 1. The molecule has 0 bridgehead atoms. The molecule has 0 unspecified atom stereocenters. The van der Waals surface area contributed by atoms with E-state index in [1.54, 1.807) is 12.4 Å². The molecule has 3 rings (SSSR count). The van der Waals surface area contributed by atoms with Crippen LogP contribution in [0.4, 0.5) is 0 Å². The standard InChI is InChI=1S/C19H20N2O2/c1-3-21(13-10-15-8-11-20-12-9-15)19(22)18-14(2)23-17-7-5-4-6-16(17)18/h4-9,11-12H,3,10,13H2,1-2H3. The quantitative estimate of drug-likeness (QED) is 0.719. The van der Waals surface area contributed by atoms with Crippen LogP contribution in [0.15, 0.2) is 53.2 Å². The van der Waals surface area contributed by atoms with E-state index in [-0.39, 0.29) is 5.91 Å². The Morgan fingerprint density at radius 3 is 2.65 bits per heavy atom. The number of benzene rings is 1. The van der Waals surface area contributed by atoms with Crippen molar-refractivity contribution in [1.82, 2.24) is 9.88 Å². The molecule has 23 heavy (non-hydrogen) atoms. The maximum atomic E-state index is 12.9. The number of aromatic nitrogens is 1. The Bertz CT molecular complexity index is 809. The summed E-state index contributed by atoms with van der Waals surface area (Å²) in [5.74, 6) is 0.711. The third kappa shape index (κ3) is 3.11. The first-order valence-electron chi connectivity index (χ1n) is 7.87. The highest BCUT2D eigenvalue weighted by Gasteiger charge is 2.22. The maximum Gasteiger partial charge on any atom is 0.258 e. The summed E-state index contributed by atoms with van der Waals surface area (Å²) >= 11 is 0. The second kappa shape index (κ2) is 6.65. The predicted octanol–water partition coefficient (Wildman–Crippen LogP) is 3.84. The van der Waals surface area contributed by atoms with Gasteiger partial charge in [0.05, 0.1) is 5.56 Å². The van der Waals surface area contributed by atoms with E-state index in [9.17, 15) is 4.79 Å². The molecule has 0 N–H and O–H groups in total. The van der Waals surface area contributed by atoms with Gasteiger partial charge in [0.15, 0.2) is 0 Å². The van der Waals surface area contributed by atoms with Crippen LogP contribution < -0.4 is 0 Å². The lowest BCUT2D eigenvalue weighted by Crippen LogP contribution is -2.33. The van der Waals surface area contributed by atoms with E-state index in [0.29, 0.717) is 24.4 Å².